The molecule has 43 heavy (non-hydrogen) atoms. The van der Waals surface area contributed by atoms with Crippen LogP contribution in [0.15, 0.2) is 29.6 Å². The Kier molecular flexibility index (Phi) is 12.8. The average Bonchev–Trinajstić information content (AvgIpc) is 3.60. The van der Waals surface area contributed by atoms with Crippen LogP contribution < -0.4 is 16.4 Å². The number of amides is 2. The Labute approximate surface area is 252 Å². The van der Waals surface area contributed by atoms with E-state index in [-0.39, 0.29) is 0 Å². The minimum absolute atomic E-state index is 0.316. The quantitative estimate of drug-likeness (QED) is 0.293. The van der Waals surface area contributed by atoms with Gasteiger partial charge in [-0.1, -0.05) is 19.1 Å². The van der Waals surface area contributed by atoms with E-state index in [1.807, 2.05) is 13.0 Å². The van der Waals surface area contributed by atoms with Gasteiger partial charge in [-0.3, -0.25) is 19.3 Å². The molecule has 1 aromatic carbocycles. The maximum atomic E-state index is 12.6. The van der Waals surface area contributed by atoms with Crippen molar-refractivity contribution in [3.05, 3.63) is 66.7 Å². The fraction of sp³-hybridized carbons (Fsp3) is 0.333. The van der Waals surface area contributed by atoms with Gasteiger partial charge in [0, 0.05) is 22.4 Å². The number of nitriles is 1. The van der Waals surface area contributed by atoms with Gasteiger partial charge in [-0.2, -0.15) is 18.4 Å². The van der Waals surface area contributed by atoms with Crippen molar-refractivity contribution in [2.75, 3.05) is 11.4 Å². The largest absolute Gasteiger partial charge is 0.490 e. The maximum absolute atomic E-state index is 12.6. The number of alkyl halides is 3. The number of nitrogens with zero attached hydrogens (tertiary/aromatic N) is 3. The van der Waals surface area contributed by atoms with Crippen LogP contribution in [0.25, 0.3) is 0 Å². The van der Waals surface area contributed by atoms with Crippen molar-refractivity contribution in [3.8, 4) is 6.07 Å². The summed E-state index contributed by atoms with van der Waals surface area (Å²) < 4.78 is 31.7. The number of halogens is 3. The summed E-state index contributed by atoms with van der Waals surface area (Å²) in [6.45, 7) is 1.84. The Hall–Kier alpha value is -4.33. The number of fused-ring (bicyclic) bond motifs is 1. The number of carbonyl (C=O) groups excluding carboxylic acids is 2. The topological polar surface area (TPSA) is 201 Å². The van der Waals surface area contributed by atoms with Crippen molar-refractivity contribution in [2.24, 2.45) is 11.5 Å². The van der Waals surface area contributed by atoms with E-state index in [4.69, 9.17) is 31.7 Å². The summed E-state index contributed by atoms with van der Waals surface area (Å²) in [6.07, 6.45) is -0.181. The van der Waals surface area contributed by atoms with Crippen LogP contribution in [-0.2, 0) is 35.4 Å². The van der Waals surface area contributed by atoms with Gasteiger partial charge in [0.05, 0.1) is 10.6 Å². The first kappa shape index (κ1) is 34.9. The lowest BCUT2D eigenvalue weighted by atomic mass is 9.95. The fourth-order valence-electron chi connectivity index (χ4n) is 3.82. The Morgan fingerprint density at radius 1 is 1.16 bits per heavy atom. The van der Waals surface area contributed by atoms with Gasteiger partial charge in [0.1, 0.15) is 23.3 Å². The molecule has 11 nitrogen and oxygen atoms in total. The van der Waals surface area contributed by atoms with Crippen LogP contribution in [0.4, 0.5) is 19.0 Å². The van der Waals surface area contributed by atoms with E-state index in [0.29, 0.717) is 28.4 Å². The van der Waals surface area contributed by atoms with Gasteiger partial charge < -0.3 is 21.7 Å². The lowest BCUT2D eigenvalue weighted by molar-refractivity contribution is -0.192. The van der Waals surface area contributed by atoms with Gasteiger partial charge in [0.2, 0.25) is 0 Å². The summed E-state index contributed by atoms with van der Waals surface area (Å²) in [5, 5.41) is 27.7. The van der Waals surface area contributed by atoms with Crippen molar-refractivity contribution in [3.63, 3.8) is 0 Å². The number of carbonyl (C=O) groups is 4. The second-order valence-corrected chi connectivity index (χ2v) is 10.9. The number of aryl methyl sites for hydroxylation is 2. The number of carboxylic acids is 2. The highest BCUT2D eigenvalue weighted by atomic mass is 32.1. The molecule has 2 heterocycles. The van der Waals surface area contributed by atoms with Crippen LogP contribution in [0, 0.1) is 11.3 Å². The number of primary amides is 1. The second kappa shape index (κ2) is 15.8. The summed E-state index contributed by atoms with van der Waals surface area (Å²) in [5.41, 5.74) is 13.6. The van der Waals surface area contributed by atoms with Crippen LogP contribution in [-0.4, -0.2) is 51.7 Å². The lowest BCUT2D eigenvalue weighted by Gasteiger charge is -2.18. The lowest BCUT2D eigenvalue weighted by Crippen LogP contribution is -2.36. The molecule has 3 aromatic rings. The molecule has 6 N–H and O–H groups in total. The number of anilines is 1. The zero-order valence-electron chi connectivity index (χ0n) is 22.8. The number of benzene rings is 1. The molecular formula is C27H28F3N5O6S2. The molecule has 0 radical (unpaired) electrons. The van der Waals surface area contributed by atoms with Gasteiger partial charge in [0.15, 0.2) is 0 Å². The highest BCUT2D eigenvalue weighted by Crippen LogP contribution is 2.33. The summed E-state index contributed by atoms with van der Waals surface area (Å²) >= 11 is 2.80. The molecule has 1 aliphatic rings. The van der Waals surface area contributed by atoms with Crippen molar-refractivity contribution < 1.29 is 42.6 Å². The molecule has 4 rings (SSSR count). The van der Waals surface area contributed by atoms with E-state index in [1.54, 1.807) is 23.6 Å². The molecule has 0 spiro atoms. The third-order valence-electron chi connectivity index (χ3n) is 5.82. The van der Waals surface area contributed by atoms with E-state index in [2.05, 4.69) is 11.1 Å². The first-order chi connectivity index (χ1) is 20.2. The Balaban J connectivity index is 0.000000261. The molecule has 0 saturated heterocycles. The minimum atomic E-state index is -5.08. The molecule has 2 amide bonds. The van der Waals surface area contributed by atoms with Gasteiger partial charge in [0.25, 0.3) is 11.8 Å². The first-order valence-corrected chi connectivity index (χ1v) is 14.3. The number of carboxylic acid groups (broad SMARTS) is 2. The third kappa shape index (κ3) is 9.87. The van der Waals surface area contributed by atoms with Gasteiger partial charge in [-0.05, 0) is 55.4 Å². The summed E-state index contributed by atoms with van der Waals surface area (Å²) in [7, 11) is 0. The molecule has 0 aliphatic heterocycles. The van der Waals surface area contributed by atoms with Crippen LogP contribution in [0.3, 0.4) is 0 Å². The Bertz CT molecular complexity index is 1510. The number of hydrogen-bond acceptors (Lipinski definition) is 9. The monoisotopic (exact) mass is 639 g/mol. The summed E-state index contributed by atoms with van der Waals surface area (Å²) in [4.78, 5) is 50.8. The Morgan fingerprint density at radius 2 is 1.81 bits per heavy atom. The van der Waals surface area contributed by atoms with E-state index >= 15 is 0 Å². The summed E-state index contributed by atoms with van der Waals surface area (Å²) in [6, 6.07) is 8.95. The van der Waals surface area contributed by atoms with Crippen molar-refractivity contribution in [1.29, 1.82) is 5.26 Å². The number of hydrogen-bond donors (Lipinski definition) is 4. The normalized spacial score (nSPS) is 11.9. The Morgan fingerprint density at radius 3 is 2.33 bits per heavy atom. The minimum Gasteiger partial charge on any atom is -0.480 e. The summed E-state index contributed by atoms with van der Waals surface area (Å²) in [5.74, 6) is -4.35. The zero-order valence-corrected chi connectivity index (χ0v) is 24.4. The SMILES string of the molecule is CCc1nc(N(CC(=O)O)C(=O)c2cccc(CN)c2)cs1.N#Cc1c(C(N)=O)sc2c1CCCC2.O=C(O)C(F)(F)F. The van der Waals surface area contributed by atoms with Gasteiger partial charge >= 0.3 is 18.1 Å². The van der Waals surface area contributed by atoms with Crippen LogP contribution in [0.5, 0.6) is 0 Å². The van der Waals surface area contributed by atoms with E-state index in [9.17, 15) is 27.6 Å². The number of thiazole rings is 1. The van der Waals surface area contributed by atoms with Crippen LogP contribution >= 0.6 is 22.7 Å². The molecule has 1 aliphatic carbocycles. The number of aliphatic carboxylic acids is 2. The van der Waals surface area contributed by atoms with Crippen LogP contribution in [0.2, 0.25) is 0 Å². The van der Waals surface area contributed by atoms with Crippen molar-refractivity contribution >= 4 is 52.2 Å². The fourth-order valence-corrected chi connectivity index (χ4v) is 5.75. The molecule has 0 atom stereocenters. The smallest absolute Gasteiger partial charge is 0.480 e. The van der Waals surface area contributed by atoms with Crippen molar-refractivity contribution in [2.45, 2.75) is 51.7 Å². The molecule has 16 heteroatoms. The standard InChI is InChI=1S/C15H17N3O3S.C10H10N2OS.C2HF3O2/c1-2-13-17-12(9-22-13)18(8-14(19)20)15(21)11-5-3-4-10(6-11)7-16;11-5-7-6-3-1-2-4-8(6)14-9(7)10(12)13;3-2(4,5)1(6)7/h3-6,9H,2,7-8,16H2,1H3,(H,19,20);1-4H2,(H2,12,13);(H,6,7). The van der Waals surface area contributed by atoms with Crippen molar-refractivity contribution in [1.82, 2.24) is 4.98 Å². The molecule has 0 unspecified atom stereocenters. The van der Waals surface area contributed by atoms with Crippen LogP contribution in [0.1, 0.15) is 66.4 Å². The molecule has 0 fully saturated rings. The molecule has 230 valence electrons. The molecular weight excluding hydrogens is 611 g/mol. The number of aromatic nitrogens is 1. The highest BCUT2D eigenvalue weighted by molar-refractivity contribution is 7.14. The number of nitrogens with two attached hydrogens (primary N) is 2. The van der Waals surface area contributed by atoms with Gasteiger partial charge in [-0.15, -0.1) is 22.7 Å². The molecule has 2 aromatic heterocycles. The highest BCUT2D eigenvalue weighted by Gasteiger charge is 2.38. The van der Waals surface area contributed by atoms with E-state index in [1.165, 1.54) is 32.5 Å². The number of thiophene rings is 1. The third-order valence-corrected chi connectivity index (χ3v) is 8.10. The van der Waals surface area contributed by atoms with Gasteiger partial charge in [-0.25, -0.2) is 9.78 Å². The molecule has 0 bridgehead atoms. The average molecular weight is 640 g/mol. The van der Waals surface area contributed by atoms with E-state index in [0.717, 1.165) is 48.2 Å². The molecule has 0 saturated carbocycles. The van der Waals surface area contributed by atoms with E-state index < -0.39 is 36.5 Å². The predicted molar refractivity (Wildman–Crippen MR) is 153 cm³/mol. The maximum Gasteiger partial charge on any atom is 0.490 e. The second-order valence-electron chi connectivity index (χ2n) is 8.84. The predicted octanol–water partition coefficient (Wildman–Crippen LogP) is 4.13. The number of rotatable bonds is 7. The first-order valence-electron chi connectivity index (χ1n) is 12.6. The zero-order chi connectivity index (χ0) is 32.3.